The minimum Gasteiger partial charge on any atom is -0.466 e. The molecule has 7 heteroatoms. The van der Waals surface area contributed by atoms with Crippen LogP contribution < -0.4 is 0 Å². The minimum absolute atomic E-state index is 0.0472. The number of carbonyl (C=O) groups excluding carboxylic acids is 2. The van der Waals surface area contributed by atoms with Crippen molar-refractivity contribution in [3.8, 4) is 0 Å². The van der Waals surface area contributed by atoms with Gasteiger partial charge in [-0.1, -0.05) is 164 Å². The first-order chi connectivity index (χ1) is 26.6. The van der Waals surface area contributed by atoms with Gasteiger partial charge in [-0.15, -0.1) is 0 Å². The molecule has 6 nitrogen and oxygen atoms in total. The lowest BCUT2D eigenvalue weighted by atomic mass is 9.96. The van der Waals surface area contributed by atoms with Crippen LogP contribution in [0.4, 0.5) is 0 Å². The third-order valence-corrected chi connectivity index (χ3v) is 10.4. The van der Waals surface area contributed by atoms with Gasteiger partial charge < -0.3 is 9.84 Å². The highest BCUT2D eigenvalue weighted by Crippen LogP contribution is 2.28. The third kappa shape index (κ3) is 27.9. The van der Waals surface area contributed by atoms with E-state index in [0.717, 1.165) is 67.1 Å². The molecule has 0 saturated carbocycles. The predicted octanol–water partition coefficient (Wildman–Crippen LogP) is 14.8. The number of esters is 1. The Hall–Kier alpha value is -2.64. The minimum atomic E-state index is -0.193. The largest absolute Gasteiger partial charge is 0.466 e. The van der Waals surface area contributed by atoms with E-state index in [1.54, 1.807) is 0 Å². The summed E-state index contributed by atoms with van der Waals surface area (Å²) in [5, 5.41) is 10.0. The molecular weight excluding hydrogens is 713 g/mol. The number of fused-ring (bicyclic) bond motifs is 2. The fourth-order valence-electron chi connectivity index (χ4n) is 5.26. The molecule has 0 radical (unpaired) electrons. The van der Waals surface area contributed by atoms with E-state index in [9.17, 15) is 14.7 Å². The molecule has 0 amide bonds. The molecule has 1 aliphatic rings. The number of unbranched alkanes of at least 4 members (excludes halogenated alkanes) is 2. The first-order valence-corrected chi connectivity index (χ1v) is 23.2. The van der Waals surface area contributed by atoms with Crippen LogP contribution in [0.15, 0.2) is 36.4 Å². The highest BCUT2D eigenvalue weighted by atomic mass is 32.1. The molecule has 2 aromatic heterocycles. The van der Waals surface area contributed by atoms with E-state index in [1.165, 1.54) is 86.4 Å². The molecule has 0 spiro atoms. The van der Waals surface area contributed by atoms with Crippen LogP contribution in [0.25, 0.3) is 10.3 Å². The zero-order valence-corrected chi connectivity index (χ0v) is 39.5. The monoisotopic (exact) mass is 799 g/mol. The number of pyridine rings is 1. The molecule has 0 fully saturated rings. The van der Waals surface area contributed by atoms with Crippen LogP contribution in [0.3, 0.4) is 0 Å². The highest BCUT2D eigenvalue weighted by Gasteiger charge is 2.20. The zero-order valence-electron chi connectivity index (χ0n) is 38.6. The van der Waals surface area contributed by atoms with Crippen molar-refractivity contribution in [2.24, 2.45) is 17.8 Å². The van der Waals surface area contributed by atoms with Crippen molar-refractivity contribution in [1.82, 2.24) is 9.97 Å². The van der Waals surface area contributed by atoms with Crippen molar-refractivity contribution >= 4 is 33.4 Å². The topological polar surface area (TPSA) is 89.4 Å². The van der Waals surface area contributed by atoms with Gasteiger partial charge in [0.05, 0.1) is 12.7 Å². The lowest BCUT2D eigenvalue weighted by molar-refractivity contribution is -0.140. The molecule has 56 heavy (non-hydrogen) atoms. The van der Waals surface area contributed by atoms with E-state index in [0.29, 0.717) is 17.5 Å². The second-order valence-corrected chi connectivity index (χ2v) is 17.0. The lowest BCUT2D eigenvalue weighted by Gasteiger charge is -2.13. The zero-order chi connectivity index (χ0) is 42.9. The summed E-state index contributed by atoms with van der Waals surface area (Å²) < 4.78 is 4.55. The molecule has 2 heterocycles. The van der Waals surface area contributed by atoms with Crippen molar-refractivity contribution in [2.75, 3.05) is 6.61 Å². The van der Waals surface area contributed by atoms with Crippen LogP contribution in [0.2, 0.25) is 0 Å². The van der Waals surface area contributed by atoms with Gasteiger partial charge in [0.1, 0.15) is 10.3 Å². The quantitative estimate of drug-likeness (QED) is 0.122. The van der Waals surface area contributed by atoms with Gasteiger partial charge in [-0.05, 0) is 99.2 Å². The van der Waals surface area contributed by atoms with E-state index < -0.39 is 0 Å². The summed E-state index contributed by atoms with van der Waals surface area (Å²) >= 11 is 1.45. The van der Waals surface area contributed by atoms with Crippen molar-refractivity contribution in [3.63, 3.8) is 0 Å². The van der Waals surface area contributed by atoms with Crippen molar-refractivity contribution in [2.45, 2.75) is 205 Å². The number of thiazole rings is 1. The number of aliphatic hydroxyl groups is 1. The summed E-state index contributed by atoms with van der Waals surface area (Å²) in [6.07, 6.45) is 17.1. The van der Waals surface area contributed by atoms with Gasteiger partial charge in [0.15, 0.2) is 10.8 Å². The number of rotatable bonds is 15. The number of hydrogen-bond donors (Lipinski definition) is 1. The Morgan fingerprint density at radius 1 is 0.768 bits per heavy atom. The molecule has 0 bridgehead atoms. The maximum atomic E-state index is 12.2. The average Bonchev–Trinajstić information content (AvgIpc) is 3.61. The molecule has 1 N–H and O–H groups in total. The number of ketones is 1. The van der Waals surface area contributed by atoms with Gasteiger partial charge in [0.25, 0.3) is 0 Å². The number of Topliss-reactive ketones (excluding diaryl/α,β-unsaturated/α-hetero) is 1. The molecule has 0 aliphatic heterocycles. The number of benzene rings is 1. The number of aryl methyl sites for hydroxylation is 2. The highest BCUT2D eigenvalue weighted by molar-refractivity contribution is 7.19. The molecule has 4 rings (SSSR count). The number of aliphatic hydroxyl groups excluding tert-OH is 1. The van der Waals surface area contributed by atoms with Crippen LogP contribution in [0.5, 0.6) is 0 Å². The Labute approximate surface area is 349 Å². The van der Waals surface area contributed by atoms with Gasteiger partial charge in [0, 0.05) is 18.5 Å². The Balaban J connectivity index is 0. The normalized spacial score (nSPS) is 13.5. The summed E-state index contributed by atoms with van der Waals surface area (Å²) in [7, 11) is 0. The van der Waals surface area contributed by atoms with Gasteiger partial charge in [-0.2, -0.15) is 0 Å². The molecule has 322 valence electrons. The maximum Gasteiger partial charge on any atom is 0.302 e. The van der Waals surface area contributed by atoms with E-state index in [2.05, 4.69) is 115 Å². The molecule has 1 aliphatic carbocycles. The molecule has 0 saturated heterocycles. The fourth-order valence-corrected chi connectivity index (χ4v) is 6.25. The van der Waals surface area contributed by atoms with Gasteiger partial charge >= 0.3 is 5.97 Å². The van der Waals surface area contributed by atoms with Crippen LogP contribution >= 0.6 is 11.3 Å². The summed E-state index contributed by atoms with van der Waals surface area (Å²) in [5.74, 6) is 2.34. The first kappa shape index (κ1) is 55.5. The summed E-state index contributed by atoms with van der Waals surface area (Å²) in [4.78, 5) is 32.3. The molecule has 4 unspecified atom stereocenters. The van der Waals surface area contributed by atoms with Gasteiger partial charge in [0.2, 0.25) is 0 Å². The van der Waals surface area contributed by atoms with Crippen molar-refractivity contribution in [1.29, 1.82) is 0 Å². The Morgan fingerprint density at radius 3 is 1.84 bits per heavy atom. The first-order valence-electron chi connectivity index (χ1n) is 22.3. The second kappa shape index (κ2) is 35.5. The summed E-state index contributed by atoms with van der Waals surface area (Å²) in [6, 6.07) is 12.8. The van der Waals surface area contributed by atoms with Crippen LogP contribution in [0.1, 0.15) is 213 Å². The Kier molecular flexibility index (Phi) is 35.2. The van der Waals surface area contributed by atoms with Crippen LogP contribution in [-0.4, -0.2) is 39.5 Å². The maximum absolute atomic E-state index is 12.2. The Bertz CT molecular complexity index is 1330. The number of carbonyl (C=O) groups is 2. The van der Waals surface area contributed by atoms with Crippen LogP contribution in [0, 0.1) is 17.8 Å². The molecule has 4 atom stereocenters. The standard InChI is InChI=1S/C15H18N2OS.C10H22O.C10H14.C5H10O2.C5H12.C4H10/c1-3-9(2)13(18)15-17-12-8-10-6-4-5-7-11(10)16-14(12)19-15;1-4-6-10(11)8-7-9(3)5-2;1-3-9(2)10-7-5-4-6-8-10;1-3-4-7-5(2)6;1-3-5-4-2;1-4(2)3/h8-9H,3-7H2,1-2H3;9-11H,4-8H2,1-3H3;4-9H,3H2,1-2H3;3-4H2,1-2H3;3-5H2,1-2H3;4H,1-3H3. The summed E-state index contributed by atoms with van der Waals surface area (Å²) in [6.45, 7) is 29.9. The average molecular weight is 799 g/mol. The molecule has 3 aromatic rings. The van der Waals surface area contributed by atoms with E-state index in [4.69, 9.17) is 4.98 Å². The fraction of sp³-hybridized carbons (Fsp3) is 0.714. The SMILES string of the molecule is CC(C)C.CCC(C)C(=O)c1nc2cc3c(nc2s1)CCCC3.CCC(C)c1ccccc1.CCCC(O)CCC(C)CC.CCCCC.CCCOC(C)=O. The van der Waals surface area contributed by atoms with Crippen molar-refractivity contribution in [3.05, 3.63) is 58.2 Å². The van der Waals surface area contributed by atoms with E-state index in [-0.39, 0.29) is 23.8 Å². The van der Waals surface area contributed by atoms with E-state index in [1.807, 2.05) is 20.8 Å². The molecular formula is C49H86N2O4S. The van der Waals surface area contributed by atoms with Crippen LogP contribution in [-0.2, 0) is 22.4 Å². The second-order valence-electron chi connectivity index (χ2n) is 16.0. The summed E-state index contributed by atoms with van der Waals surface area (Å²) in [5.41, 5.74) is 4.89. The van der Waals surface area contributed by atoms with Gasteiger partial charge in [-0.3, -0.25) is 9.59 Å². The van der Waals surface area contributed by atoms with E-state index >= 15 is 0 Å². The number of nitrogens with zero attached hydrogens (tertiary/aromatic N) is 2. The lowest BCUT2D eigenvalue weighted by Crippen LogP contribution is -2.09. The third-order valence-electron chi connectivity index (χ3n) is 9.44. The smallest absolute Gasteiger partial charge is 0.302 e. The van der Waals surface area contributed by atoms with Gasteiger partial charge in [-0.25, -0.2) is 9.97 Å². The number of aromatic nitrogens is 2. The van der Waals surface area contributed by atoms with Crippen molar-refractivity contribution < 1.29 is 19.4 Å². The Morgan fingerprint density at radius 2 is 1.38 bits per heavy atom. The predicted molar refractivity (Wildman–Crippen MR) is 245 cm³/mol. The number of ether oxygens (including phenoxy) is 1. The molecule has 1 aromatic carbocycles. The number of hydrogen-bond acceptors (Lipinski definition) is 7.